The summed E-state index contributed by atoms with van der Waals surface area (Å²) in [5.41, 5.74) is 1.24. The molecule has 0 amide bonds. The van der Waals surface area contributed by atoms with Crippen LogP contribution in [0.3, 0.4) is 0 Å². The Labute approximate surface area is 150 Å². The van der Waals surface area contributed by atoms with Gasteiger partial charge in [-0.3, -0.25) is 4.79 Å². The number of nitrogens with zero attached hydrogens (tertiary/aromatic N) is 1. The largest absolute Gasteiger partial charge is 0.396 e. The molecule has 4 saturated carbocycles. The predicted octanol–water partition coefficient (Wildman–Crippen LogP) is 3.73. The molecule has 3 nitrogen and oxygen atoms in total. The number of aliphatic hydroxyl groups excluding tert-OH is 1. The molecule has 3 heteroatoms. The summed E-state index contributed by atoms with van der Waals surface area (Å²) in [4.78, 5) is 12.0. The van der Waals surface area contributed by atoms with Crippen LogP contribution < -0.4 is 0 Å². The number of nitriles is 1. The van der Waals surface area contributed by atoms with Crippen molar-refractivity contribution >= 4 is 5.78 Å². The summed E-state index contributed by atoms with van der Waals surface area (Å²) < 4.78 is 0. The summed E-state index contributed by atoms with van der Waals surface area (Å²) >= 11 is 0. The Bertz CT molecular complexity index is 705. The van der Waals surface area contributed by atoms with Crippen LogP contribution in [0.15, 0.2) is 11.6 Å². The van der Waals surface area contributed by atoms with Crippen molar-refractivity contribution in [2.24, 2.45) is 52.3 Å². The Morgan fingerprint density at radius 1 is 1.24 bits per heavy atom. The summed E-state index contributed by atoms with van der Waals surface area (Å²) in [6.07, 6.45) is 8.17. The molecule has 5 aliphatic carbocycles. The first kappa shape index (κ1) is 16.1. The fourth-order valence-corrected chi connectivity index (χ4v) is 8.07. The van der Waals surface area contributed by atoms with E-state index in [9.17, 15) is 15.2 Å². The molecule has 1 N–H and O–H groups in total. The molecule has 4 fully saturated rings. The number of rotatable bonds is 1. The number of hydrogen-bond donors (Lipinski definition) is 1. The van der Waals surface area contributed by atoms with Crippen molar-refractivity contribution in [1.29, 1.82) is 5.26 Å². The average molecular weight is 339 g/mol. The molecule has 0 radical (unpaired) electrons. The molecule has 0 saturated heterocycles. The van der Waals surface area contributed by atoms with Crippen LogP contribution in [0.2, 0.25) is 0 Å². The molecule has 0 aromatic rings. The Kier molecular flexibility index (Phi) is 3.20. The van der Waals surface area contributed by atoms with E-state index >= 15 is 0 Å². The van der Waals surface area contributed by atoms with Crippen LogP contribution in [0.5, 0.6) is 0 Å². The van der Waals surface area contributed by atoms with E-state index in [1.807, 2.05) is 6.08 Å². The zero-order chi connectivity index (χ0) is 17.6. The number of ketones is 1. The van der Waals surface area contributed by atoms with Gasteiger partial charge in [-0.25, -0.2) is 0 Å². The van der Waals surface area contributed by atoms with Crippen LogP contribution in [0.1, 0.15) is 52.4 Å². The van der Waals surface area contributed by atoms with Crippen molar-refractivity contribution in [1.82, 2.24) is 0 Å². The highest BCUT2D eigenvalue weighted by atomic mass is 16.3. The first-order valence-corrected chi connectivity index (χ1v) is 10.2. The lowest BCUT2D eigenvalue weighted by atomic mass is 9.46. The van der Waals surface area contributed by atoms with E-state index in [1.165, 1.54) is 18.4 Å². The van der Waals surface area contributed by atoms with Crippen LogP contribution in [0.4, 0.5) is 0 Å². The van der Waals surface area contributed by atoms with Gasteiger partial charge in [0, 0.05) is 18.9 Å². The minimum Gasteiger partial charge on any atom is -0.396 e. The highest BCUT2D eigenvalue weighted by Gasteiger charge is 2.74. The van der Waals surface area contributed by atoms with Crippen molar-refractivity contribution in [3.05, 3.63) is 11.6 Å². The van der Waals surface area contributed by atoms with Gasteiger partial charge >= 0.3 is 0 Å². The zero-order valence-electron chi connectivity index (χ0n) is 15.4. The molecule has 0 spiro atoms. The zero-order valence-corrected chi connectivity index (χ0v) is 15.4. The van der Waals surface area contributed by atoms with Crippen LogP contribution in [0.25, 0.3) is 0 Å². The molecule has 0 heterocycles. The molecule has 0 unspecified atom stereocenters. The van der Waals surface area contributed by atoms with Gasteiger partial charge in [0.2, 0.25) is 0 Å². The molecular formula is C22H29NO2. The lowest BCUT2D eigenvalue weighted by Crippen LogP contribution is -2.52. The summed E-state index contributed by atoms with van der Waals surface area (Å²) in [6, 6.07) is 2.75. The van der Waals surface area contributed by atoms with Crippen molar-refractivity contribution in [3.63, 3.8) is 0 Å². The van der Waals surface area contributed by atoms with Crippen molar-refractivity contribution in [2.75, 3.05) is 6.61 Å². The summed E-state index contributed by atoms with van der Waals surface area (Å²) in [5.74, 6) is 4.21. The number of carbonyl (C=O) groups excluding carboxylic acids is 1. The topological polar surface area (TPSA) is 61.1 Å². The minimum absolute atomic E-state index is 0.141. The highest BCUT2D eigenvalue weighted by Crippen LogP contribution is 2.78. The third-order valence-corrected chi connectivity index (χ3v) is 9.43. The number of fused-ring (bicyclic) bond motifs is 7. The first-order chi connectivity index (χ1) is 11.9. The SMILES string of the molecule is C[C@]1(C#N)[C@H]2C[C@H]2[C@H]2[C@@H]3C[C@@H](CO)C4=CC(=O)CC[C@@H]4[C@H]3CC[C@@]21C. The average Bonchev–Trinajstić information content (AvgIpc) is 3.36. The predicted molar refractivity (Wildman–Crippen MR) is 94.1 cm³/mol. The van der Waals surface area contributed by atoms with Crippen molar-refractivity contribution in [2.45, 2.75) is 52.4 Å². The lowest BCUT2D eigenvalue weighted by Gasteiger charge is -2.57. The molecule has 5 rings (SSSR count). The van der Waals surface area contributed by atoms with Gasteiger partial charge in [-0.15, -0.1) is 0 Å². The Hall–Kier alpha value is -1.14. The van der Waals surface area contributed by atoms with Crippen LogP contribution in [-0.4, -0.2) is 17.5 Å². The molecule has 0 bridgehead atoms. The molecular weight excluding hydrogens is 310 g/mol. The number of aliphatic hydroxyl groups is 1. The number of carbonyl (C=O) groups is 1. The van der Waals surface area contributed by atoms with Crippen LogP contribution in [-0.2, 0) is 4.79 Å². The summed E-state index contributed by atoms with van der Waals surface area (Å²) in [5, 5.41) is 20.0. The molecule has 25 heavy (non-hydrogen) atoms. The van der Waals surface area contributed by atoms with Gasteiger partial charge in [0.1, 0.15) is 0 Å². The highest BCUT2D eigenvalue weighted by molar-refractivity contribution is 5.91. The third-order valence-electron chi connectivity index (χ3n) is 9.43. The van der Waals surface area contributed by atoms with E-state index in [0.717, 1.165) is 25.2 Å². The number of hydrogen-bond acceptors (Lipinski definition) is 3. The maximum atomic E-state index is 12.0. The normalized spacial score (nSPS) is 56.0. The fourth-order valence-electron chi connectivity index (χ4n) is 8.07. The van der Waals surface area contributed by atoms with Gasteiger partial charge in [-0.1, -0.05) is 12.5 Å². The van der Waals surface area contributed by atoms with Gasteiger partial charge < -0.3 is 5.11 Å². The second-order valence-electron chi connectivity index (χ2n) is 10.0. The molecule has 0 aliphatic heterocycles. The molecule has 134 valence electrons. The maximum absolute atomic E-state index is 12.0. The third kappa shape index (κ3) is 1.82. The van der Waals surface area contributed by atoms with Crippen molar-refractivity contribution < 1.29 is 9.90 Å². The smallest absolute Gasteiger partial charge is 0.155 e. The van der Waals surface area contributed by atoms with E-state index in [0.29, 0.717) is 36.0 Å². The van der Waals surface area contributed by atoms with E-state index in [4.69, 9.17) is 0 Å². The van der Waals surface area contributed by atoms with Gasteiger partial charge in [0.05, 0.1) is 11.5 Å². The van der Waals surface area contributed by atoms with Crippen LogP contribution in [0, 0.1) is 63.6 Å². The van der Waals surface area contributed by atoms with E-state index in [2.05, 4.69) is 19.9 Å². The first-order valence-electron chi connectivity index (χ1n) is 10.2. The second kappa shape index (κ2) is 4.97. The van der Waals surface area contributed by atoms with Gasteiger partial charge in [-0.2, -0.15) is 5.26 Å². The molecule has 0 aromatic heterocycles. The fraction of sp³-hybridized carbons (Fsp3) is 0.818. The molecule has 9 atom stereocenters. The monoisotopic (exact) mass is 339 g/mol. The summed E-state index contributed by atoms with van der Waals surface area (Å²) in [7, 11) is 0. The maximum Gasteiger partial charge on any atom is 0.155 e. The Morgan fingerprint density at radius 3 is 2.76 bits per heavy atom. The lowest BCUT2D eigenvalue weighted by molar-refractivity contribution is -0.116. The van der Waals surface area contributed by atoms with E-state index in [1.54, 1.807) is 0 Å². The van der Waals surface area contributed by atoms with Gasteiger partial charge in [0.25, 0.3) is 0 Å². The van der Waals surface area contributed by atoms with Crippen molar-refractivity contribution in [3.8, 4) is 6.07 Å². The molecule has 0 aromatic carbocycles. The Morgan fingerprint density at radius 2 is 2.04 bits per heavy atom. The minimum atomic E-state index is -0.166. The van der Waals surface area contributed by atoms with Gasteiger partial charge in [-0.05, 0) is 86.0 Å². The van der Waals surface area contributed by atoms with Crippen LogP contribution >= 0.6 is 0 Å². The second-order valence-corrected chi connectivity index (χ2v) is 10.0. The van der Waals surface area contributed by atoms with E-state index in [-0.39, 0.29) is 29.1 Å². The standard InChI is InChI=1S/C22H29NO2/c1-21-6-5-15-14-4-3-13(25)8-16(14)12(10-24)7-17(15)20(21)18-9-19(18)22(21,2)11-23/h8,12,14-15,17-20,24H,3-7,9-10H2,1-2H3/t12-,14+,15+,17+,18+,19-,20+,21-,22-/m0/s1. The summed E-state index contributed by atoms with van der Waals surface area (Å²) in [6.45, 7) is 4.80. The molecule has 5 aliphatic rings. The Balaban J connectivity index is 1.55. The van der Waals surface area contributed by atoms with Gasteiger partial charge in [0.15, 0.2) is 5.78 Å². The van der Waals surface area contributed by atoms with E-state index < -0.39 is 0 Å². The quantitative estimate of drug-likeness (QED) is 0.792.